The molecule has 2 rings (SSSR count). The van der Waals surface area contributed by atoms with E-state index < -0.39 is 0 Å². The molecule has 1 aromatic rings. The molecule has 1 N–H and O–H groups in total. The molecule has 22 heavy (non-hydrogen) atoms. The summed E-state index contributed by atoms with van der Waals surface area (Å²) >= 11 is 5.51. The number of hydrogen-bond acceptors (Lipinski definition) is 3. The van der Waals surface area contributed by atoms with Crippen LogP contribution in [0.3, 0.4) is 0 Å². The number of nitrogens with one attached hydrogen (secondary N) is 1. The topological polar surface area (TPSA) is 55.2 Å². The van der Waals surface area contributed by atoms with E-state index in [9.17, 15) is 10.1 Å². The van der Waals surface area contributed by atoms with Gasteiger partial charge in [0.05, 0.1) is 15.5 Å². The van der Waals surface area contributed by atoms with Gasteiger partial charge in [0, 0.05) is 18.0 Å². The van der Waals surface area contributed by atoms with Gasteiger partial charge in [-0.25, -0.2) is 0 Å². The van der Waals surface area contributed by atoms with Gasteiger partial charge in [0.15, 0.2) is 0 Å². The summed E-state index contributed by atoms with van der Waals surface area (Å²) in [6.45, 7) is 3.16. The lowest BCUT2D eigenvalue weighted by molar-refractivity contribution is -0.385. The molecule has 1 atom stereocenters. The van der Waals surface area contributed by atoms with Crippen molar-refractivity contribution in [3.63, 3.8) is 0 Å². The number of nitro benzene ring substituents is 1. The van der Waals surface area contributed by atoms with Gasteiger partial charge in [-0.05, 0) is 38.2 Å². The lowest BCUT2D eigenvalue weighted by Crippen LogP contribution is -2.44. The van der Waals surface area contributed by atoms with Gasteiger partial charge in [-0.1, -0.05) is 43.4 Å². The highest BCUT2D eigenvalue weighted by atomic mass is 32.1. The summed E-state index contributed by atoms with van der Waals surface area (Å²) in [5.74, 6) is 0. The SMILES string of the molecule is CCC1(CC/C=C/c2ccccc2[N+](=O)[O-])CCCNC1=S. The molecular weight excluding hydrogens is 296 g/mol. The summed E-state index contributed by atoms with van der Waals surface area (Å²) < 4.78 is 0. The van der Waals surface area contributed by atoms with Crippen molar-refractivity contribution in [2.24, 2.45) is 5.41 Å². The number of benzene rings is 1. The maximum absolute atomic E-state index is 11.0. The van der Waals surface area contributed by atoms with E-state index in [1.807, 2.05) is 18.2 Å². The monoisotopic (exact) mass is 318 g/mol. The molecule has 0 spiro atoms. The van der Waals surface area contributed by atoms with Crippen molar-refractivity contribution in [2.75, 3.05) is 6.54 Å². The fourth-order valence-corrected chi connectivity index (χ4v) is 3.50. The molecule has 0 amide bonds. The Morgan fingerprint density at radius 1 is 1.45 bits per heavy atom. The molecule has 1 fully saturated rings. The second kappa shape index (κ2) is 7.49. The molecule has 0 saturated carbocycles. The first-order chi connectivity index (χ1) is 10.6. The summed E-state index contributed by atoms with van der Waals surface area (Å²) in [6, 6.07) is 6.82. The minimum Gasteiger partial charge on any atom is -0.379 e. The van der Waals surface area contributed by atoms with Crippen molar-refractivity contribution >= 4 is 29.0 Å². The second-order valence-corrected chi connectivity index (χ2v) is 6.16. The van der Waals surface area contributed by atoms with Crippen molar-refractivity contribution in [3.8, 4) is 0 Å². The van der Waals surface area contributed by atoms with Gasteiger partial charge in [0.2, 0.25) is 0 Å². The molecule has 1 aromatic carbocycles. The lowest BCUT2D eigenvalue weighted by atomic mass is 9.74. The summed E-state index contributed by atoms with van der Waals surface area (Å²) in [5, 5.41) is 14.3. The number of thiocarbonyl (C=S) groups is 1. The van der Waals surface area contributed by atoms with Crippen LogP contribution in [0.1, 0.15) is 44.6 Å². The minimum absolute atomic E-state index is 0.0978. The number of nitro groups is 1. The average molecular weight is 318 g/mol. The average Bonchev–Trinajstić information content (AvgIpc) is 2.53. The molecule has 1 aliphatic rings. The number of rotatable bonds is 6. The fourth-order valence-electron chi connectivity index (χ4n) is 3.05. The minimum atomic E-state index is -0.340. The normalized spacial score (nSPS) is 21.8. The zero-order chi connectivity index (χ0) is 16.0. The Morgan fingerprint density at radius 3 is 2.91 bits per heavy atom. The van der Waals surface area contributed by atoms with E-state index in [-0.39, 0.29) is 16.0 Å². The third kappa shape index (κ3) is 3.71. The quantitative estimate of drug-likeness (QED) is 0.477. The molecule has 0 bridgehead atoms. The molecule has 0 aliphatic carbocycles. The molecule has 0 aromatic heterocycles. The predicted octanol–water partition coefficient (Wildman–Crippen LogP) is 4.50. The van der Waals surface area contributed by atoms with Crippen LogP contribution in [0.15, 0.2) is 30.3 Å². The van der Waals surface area contributed by atoms with Crippen LogP contribution < -0.4 is 5.32 Å². The number of allylic oxidation sites excluding steroid dienone is 1. The zero-order valence-electron chi connectivity index (χ0n) is 12.9. The Kier molecular flexibility index (Phi) is 5.66. The van der Waals surface area contributed by atoms with Crippen molar-refractivity contribution in [2.45, 2.75) is 39.0 Å². The third-order valence-corrected chi connectivity index (χ3v) is 5.07. The molecule has 4 nitrogen and oxygen atoms in total. The van der Waals surface area contributed by atoms with E-state index in [0.717, 1.165) is 43.6 Å². The van der Waals surface area contributed by atoms with Crippen LogP contribution in [-0.2, 0) is 0 Å². The number of piperidine rings is 1. The zero-order valence-corrected chi connectivity index (χ0v) is 13.7. The van der Waals surface area contributed by atoms with E-state index in [1.54, 1.807) is 12.1 Å². The number of hydrogen-bond donors (Lipinski definition) is 1. The van der Waals surface area contributed by atoms with Gasteiger partial charge in [0.1, 0.15) is 0 Å². The molecular formula is C17H22N2O2S. The number of nitrogens with zero attached hydrogens (tertiary/aromatic N) is 1. The van der Waals surface area contributed by atoms with Gasteiger partial charge >= 0.3 is 0 Å². The molecule has 1 heterocycles. The lowest BCUT2D eigenvalue weighted by Gasteiger charge is -2.37. The molecule has 118 valence electrons. The first-order valence-corrected chi connectivity index (χ1v) is 8.18. The van der Waals surface area contributed by atoms with E-state index in [1.165, 1.54) is 6.07 Å². The smallest absolute Gasteiger partial charge is 0.276 e. The van der Waals surface area contributed by atoms with Crippen molar-refractivity contribution in [3.05, 3.63) is 46.0 Å². The van der Waals surface area contributed by atoms with E-state index in [0.29, 0.717) is 5.56 Å². The molecule has 1 saturated heterocycles. The van der Waals surface area contributed by atoms with Crippen molar-refractivity contribution in [1.29, 1.82) is 0 Å². The highest BCUT2D eigenvalue weighted by Gasteiger charge is 2.34. The van der Waals surface area contributed by atoms with Gasteiger partial charge in [-0.3, -0.25) is 10.1 Å². The van der Waals surface area contributed by atoms with Gasteiger partial charge < -0.3 is 5.32 Å². The number of para-hydroxylation sites is 1. The highest BCUT2D eigenvalue weighted by molar-refractivity contribution is 7.80. The van der Waals surface area contributed by atoms with Crippen molar-refractivity contribution in [1.82, 2.24) is 5.32 Å². The largest absolute Gasteiger partial charge is 0.379 e. The van der Waals surface area contributed by atoms with Crippen molar-refractivity contribution < 1.29 is 4.92 Å². The van der Waals surface area contributed by atoms with Crippen LogP contribution in [0.2, 0.25) is 0 Å². The second-order valence-electron chi connectivity index (χ2n) is 5.75. The van der Waals surface area contributed by atoms with Crippen LogP contribution in [-0.4, -0.2) is 16.5 Å². The van der Waals surface area contributed by atoms with Gasteiger partial charge in [-0.15, -0.1) is 0 Å². The van der Waals surface area contributed by atoms with Crippen LogP contribution in [0.25, 0.3) is 6.08 Å². The maximum atomic E-state index is 11.0. The molecule has 0 radical (unpaired) electrons. The molecule has 1 aliphatic heterocycles. The Balaban J connectivity index is 2.01. The highest BCUT2D eigenvalue weighted by Crippen LogP contribution is 2.37. The third-order valence-electron chi connectivity index (χ3n) is 4.50. The summed E-state index contributed by atoms with van der Waals surface area (Å²) in [6.07, 6.45) is 9.07. The predicted molar refractivity (Wildman–Crippen MR) is 93.9 cm³/mol. The van der Waals surface area contributed by atoms with Crippen LogP contribution in [0, 0.1) is 15.5 Å². The van der Waals surface area contributed by atoms with Crippen LogP contribution in [0.4, 0.5) is 5.69 Å². The Bertz CT molecular complexity index is 586. The Hall–Kier alpha value is -1.75. The summed E-state index contributed by atoms with van der Waals surface area (Å²) in [5.41, 5.74) is 0.904. The summed E-state index contributed by atoms with van der Waals surface area (Å²) in [4.78, 5) is 11.6. The van der Waals surface area contributed by atoms with E-state index in [2.05, 4.69) is 12.2 Å². The first kappa shape index (κ1) is 16.6. The van der Waals surface area contributed by atoms with E-state index in [4.69, 9.17) is 12.2 Å². The first-order valence-electron chi connectivity index (χ1n) is 7.77. The Labute approximate surface area is 136 Å². The van der Waals surface area contributed by atoms with Gasteiger partial charge in [-0.2, -0.15) is 0 Å². The van der Waals surface area contributed by atoms with Gasteiger partial charge in [0.25, 0.3) is 5.69 Å². The summed E-state index contributed by atoms with van der Waals surface area (Å²) in [7, 11) is 0. The fraction of sp³-hybridized carbons (Fsp3) is 0.471. The standard InChI is InChI=1S/C17H22N2O2S/c1-2-17(12-7-13-18-16(17)22)11-6-5-9-14-8-3-4-10-15(14)19(20)21/h3-5,8-10H,2,6-7,11-13H2,1H3,(H,18,22)/b9-5+. The maximum Gasteiger partial charge on any atom is 0.276 e. The van der Waals surface area contributed by atoms with Crippen LogP contribution >= 0.6 is 12.2 Å². The van der Waals surface area contributed by atoms with E-state index >= 15 is 0 Å². The Morgan fingerprint density at radius 2 is 2.23 bits per heavy atom. The molecule has 5 heteroatoms. The van der Waals surface area contributed by atoms with Crippen LogP contribution in [0.5, 0.6) is 0 Å². The molecule has 1 unspecified atom stereocenters.